The van der Waals surface area contributed by atoms with Crippen molar-refractivity contribution in [1.82, 2.24) is 10.2 Å². The number of nitrogens with one attached hydrogen (secondary N) is 1. The summed E-state index contributed by atoms with van der Waals surface area (Å²) in [5.74, 6) is 0.284. The molecule has 0 aromatic heterocycles. The van der Waals surface area contributed by atoms with Crippen molar-refractivity contribution in [3.63, 3.8) is 0 Å². The number of amides is 1. The third kappa shape index (κ3) is 6.59. The molecule has 0 atom stereocenters. The molecular formula is C19H28BrFN2O2. The fourth-order valence-corrected chi connectivity index (χ4v) is 3.29. The Morgan fingerprint density at radius 3 is 2.60 bits per heavy atom. The lowest BCUT2D eigenvalue weighted by molar-refractivity contribution is 0.0509. The second-order valence-corrected chi connectivity index (χ2v) is 8.65. The molecule has 1 aromatic carbocycles. The van der Waals surface area contributed by atoms with Gasteiger partial charge in [-0.1, -0.05) is 22.0 Å². The minimum atomic E-state index is -0.472. The summed E-state index contributed by atoms with van der Waals surface area (Å²) in [4.78, 5) is 14.0. The summed E-state index contributed by atoms with van der Waals surface area (Å²) >= 11 is 3.36. The number of hydrogen-bond donors (Lipinski definition) is 1. The molecule has 6 heteroatoms. The van der Waals surface area contributed by atoms with Gasteiger partial charge in [-0.15, -0.1) is 0 Å². The molecule has 0 unspecified atom stereocenters. The van der Waals surface area contributed by atoms with Crippen LogP contribution in [0.2, 0.25) is 0 Å². The van der Waals surface area contributed by atoms with Crippen LogP contribution < -0.4 is 5.32 Å². The van der Waals surface area contributed by atoms with E-state index in [4.69, 9.17) is 4.74 Å². The molecule has 0 spiro atoms. The van der Waals surface area contributed by atoms with Crippen LogP contribution in [-0.4, -0.2) is 36.2 Å². The predicted molar refractivity (Wildman–Crippen MR) is 101 cm³/mol. The van der Waals surface area contributed by atoms with Crippen LogP contribution in [-0.2, 0) is 11.3 Å². The average molecular weight is 415 g/mol. The van der Waals surface area contributed by atoms with Crippen LogP contribution in [0.4, 0.5) is 9.18 Å². The second-order valence-electron chi connectivity index (χ2n) is 7.80. The molecule has 2 rings (SSSR count). The van der Waals surface area contributed by atoms with Crippen LogP contribution in [0.25, 0.3) is 0 Å². The van der Waals surface area contributed by atoms with Gasteiger partial charge in [0, 0.05) is 23.1 Å². The quantitative estimate of drug-likeness (QED) is 0.780. The Morgan fingerprint density at radius 2 is 2.00 bits per heavy atom. The van der Waals surface area contributed by atoms with E-state index in [-0.39, 0.29) is 11.9 Å². The van der Waals surface area contributed by atoms with E-state index in [0.29, 0.717) is 19.0 Å². The van der Waals surface area contributed by atoms with E-state index in [9.17, 15) is 9.18 Å². The Morgan fingerprint density at radius 1 is 1.36 bits per heavy atom. The molecule has 0 aliphatic carbocycles. The Kier molecular flexibility index (Phi) is 6.86. The normalized spacial score (nSPS) is 16.7. The lowest BCUT2D eigenvalue weighted by Crippen LogP contribution is -2.40. The lowest BCUT2D eigenvalue weighted by Gasteiger charge is -2.32. The molecule has 1 amide bonds. The maximum atomic E-state index is 14.1. The third-order valence-electron chi connectivity index (χ3n) is 4.36. The zero-order valence-corrected chi connectivity index (χ0v) is 17.1. The van der Waals surface area contributed by atoms with Crippen LogP contribution in [0.15, 0.2) is 16.6 Å². The molecule has 1 aromatic rings. The highest BCUT2D eigenvalue weighted by Gasteiger charge is 2.22. The number of rotatable bonds is 4. The van der Waals surface area contributed by atoms with Crippen LogP contribution >= 0.6 is 15.9 Å². The van der Waals surface area contributed by atoms with E-state index in [1.165, 1.54) is 0 Å². The number of piperidine rings is 1. The van der Waals surface area contributed by atoms with Crippen molar-refractivity contribution in [2.24, 2.45) is 5.92 Å². The smallest absolute Gasteiger partial charge is 0.407 e. The summed E-state index contributed by atoms with van der Waals surface area (Å²) in [6.07, 6.45) is 1.63. The van der Waals surface area contributed by atoms with Crippen LogP contribution in [0, 0.1) is 18.7 Å². The molecule has 25 heavy (non-hydrogen) atoms. The number of likely N-dealkylation sites (tertiary alicyclic amines) is 1. The van der Waals surface area contributed by atoms with Gasteiger partial charge < -0.3 is 10.1 Å². The Balaban J connectivity index is 1.76. The first-order valence-corrected chi connectivity index (χ1v) is 9.57. The molecule has 1 aliphatic rings. The molecule has 0 radical (unpaired) electrons. The minimum Gasteiger partial charge on any atom is -0.444 e. The molecule has 1 fully saturated rings. The summed E-state index contributed by atoms with van der Waals surface area (Å²) in [6.45, 7) is 10.6. The zero-order valence-electron chi connectivity index (χ0n) is 15.5. The summed E-state index contributed by atoms with van der Waals surface area (Å²) in [5, 5.41) is 2.85. The molecule has 0 bridgehead atoms. The summed E-state index contributed by atoms with van der Waals surface area (Å²) in [5.41, 5.74) is 1.32. The maximum Gasteiger partial charge on any atom is 0.407 e. The van der Waals surface area contributed by atoms with Gasteiger partial charge in [0.2, 0.25) is 0 Å². The SMILES string of the molecule is Cc1cc(CN2CCC(CNC(=O)OC(C)(C)C)CC2)c(F)cc1Br. The fourth-order valence-electron chi connectivity index (χ4n) is 2.97. The van der Waals surface area contributed by atoms with Gasteiger partial charge in [-0.3, -0.25) is 4.90 Å². The molecule has 4 nitrogen and oxygen atoms in total. The highest BCUT2D eigenvalue weighted by atomic mass is 79.9. The van der Waals surface area contributed by atoms with Crippen molar-refractivity contribution < 1.29 is 13.9 Å². The zero-order chi connectivity index (χ0) is 18.6. The van der Waals surface area contributed by atoms with Gasteiger partial charge in [0.05, 0.1) is 0 Å². The number of ether oxygens (including phenoxy) is 1. The number of nitrogens with zero attached hydrogens (tertiary/aromatic N) is 1. The topological polar surface area (TPSA) is 41.6 Å². The molecule has 1 N–H and O–H groups in total. The number of halogens is 2. The second kappa shape index (κ2) is 8.49. The third-order valence-corrected chi connectivity index (χ3v) is 5.22. The number of alkyl carbamates (subject to hydrolysis) is 1. The highest BCUT2D eigenvalue weighted by molar-refractivity contribution is 9.10. The summed E-state index contributed by atoms with van der Waals surface area (Å²) in [6, 6.07) is 3.46. The maximum absolute atomic E-state index is 14.1. The number of benzene rings is 1. The molecule has 1 saturated heterocycles. The van der Waals surface area contributed by atoms with Crippen molar-refractivity contribution in [2.45, 2.75) is 52.7 Å². The minimum absolute atomic E-state index is 0.161. The van der Waals surface area contributed by atoms with Crippen molar-refractivity contribution >= 4 is 22.0 Å². The first kappa shape index (κ1) is 20.2. The van der Waals surface area contributed by atoms with Gasteiger partial charge in [-0.05, 0) is 71.2 Å². The van der Waals surface area contributed by atoms with E-state index in [2.05, 4.69) is 26.1 Å². The van der Waals surface area contributed by atoms with Crippen molar-refractivity contribution in [3.8, 4) is 0 Å². The van der Waals surface area contributed by atoms with Crippen molar-refractivity contribution in [3.05, 3.63) is 33.5 Å². The van der Waals surface area contributed by atoms with Crippen LogP contribution in [0.5, 0.6) is 0 Å². The number of carbonyl (C=O) groups excluding carboxylic acids is 1. The van der Waals surface area contributed by atoms with Crippen molar-refractivity contribution in [1.29, 1.82) is 0 Å². The fraction of sp³-hybridized carbons (Fsp3) is 0.632. The van der Waals surface area contributed by atoms with Crippen LogP contribution in [0.3, 0.4) is 0 Å². The Bertz CT molecular complexity index is 608. The number of hydrogen-bond acceptors (Lipinski definition) is 3. The van der Waals surface area contributed by atoms with Gasteiger partial charge in [0.25, 0.3) is 0 Å². The van der Waals surface area contributed by atoms with E-state index in [1.54, 1.807) is 6.07 Å². The Labute approximate surface area is 158 Å². The predicted octanol–water partition coefficient (Wildman–Crippen LogP) is 4.63. The van der Waals surface area contributed by atoms with E-state index < -0.39 is 5.60 Å². The van der Waals surface area contributed by atoms with E-state index in [0.717, 1.165) is 41.5 Å². The highest BCUT2D eigenvalue weighted by Crippen LogP contribution is 2.24. The van der Waals surface area contributed by atoms with Gasteiger partial charge in [-0.25, -0.2) is 9.18 Å². The standard InChI is InChI=1S/C19H28BrFN2O2/c1-13-9-15(17(21)10-16(13)20)12-23-7-5-14(6-8-23)11-22-18(24)25-19(2,3)4/h9-10,14H,5-8,11-12H2,1-4H3,(H,22,24). The van der Waals surface area contributed by atoms with Gasteiger partial charge in [-0.2, -0.15) is 0 Å². The molecule has 1 aliphatic heterocycles. The first-order chi connectivity index (χ1) is 11.6. The molecular weight excluding hydrogens is 387 g/mol. The number of carbonyl (C=O) groups is 1. The number of aryl methyl sites for hydroxylation is 1. The van der Waals surface area contributed by atoms with Crippen molar-refractivity contribution in [2.75, 3.05) is 19.6 Å². The van der Waals surface area contributed by atoms with Gasteiger partial charge in [0.15, 0.2) is 0 Å². The van der Waals surface area contributed by atoms with E-state index in [1.807, 2.05) is 33.8 Å². The Hall–Kier alpha value is -1.14. The average Bonchev–Trinajstić information content (AvgIpc) is 2.50. The molecule has 0 saturated carbocycles. The van der Waals surface area contributed by atoms with E-state index >= 15 is 0 Å². The monoisotopic (exact) mass is 414 g/mol. The van der Waals surface area contributed by atoms with Gasteiger partial charge in [0.1, 0.15) is 11.4 Å². The van der Waals surface area contributed by atoms with Crippen LogP contribution in [0.1, 0.15) is 44.7 Å². The summed E-state index contributed by atoms with van der Waals surface area (Å²) < 4.78 is 20.2. The van der Waals surface area contributed by atoms with Gasteiger partial charge >= 0.3 is 6.09 Å². The summed E-state index contributed by atoms with van der Waals surface area (Å²) in [7, 11) is 0. The lowest BCUT2D eigenvalue weighted by atomic mass is 9.96. The first-order valence-electron chi connectivity index (χ1n) is 8.78. The molecule has 140 valence electrons. The largest absolute Gasteiger partial charge is 0.444 e. The molecule has 1 heterocycles.